The van der Waals surface area contributed by atoms with Crippen LogP contribution < -0.4 is 0 Å². The molecule has 3 heterocycles. The number of carbonyl (C=O) groups excluding carboxylic acids is 1. The van der Waals surface area contributed by atoms with Gasteiger partial charge in [-0.25, -0.2) is 4.39 Å². The fourth-order valence-corrected chi connectivity index (χ4v) is 5.82. The number of morpholine rings is 1. The number of nitrogens with zero attached hydrogens (tertiary/aromatic N) is 3. The highest BCUT2D eigenvalue weighted by atomic mass is 19.1. The lowest BCUT2D eigenvalue weighted by Crippen LogP contribution is -2.62. The molecule has 2 aromatic carbocycles. The van der Waals surface area contributed by atoms with Gasteiger partial charge in [0.2, 0.25) is 5.91 Å². The van der Waals surface area contributed by atoms with Crippen LogP contribution in [0.2, 0.25) is 0 Å². The van der Waals surface area contributed by atoms with Crippen LogP contribution in [0.25, 0.3) is 22.0 Å². The van der Waals surface area contributed by atoms with Crippen LogP contribution in [0.3, 0.4) is 0 Å². The molecule has 1 amide bonds. The van der Waals surface area contributed by atoms with Crippen LogP contribution in [0.1, 0.15) is 31.2 Å². The highest BCUT2D eigenvalue weighted by molar-refractivity contribution is 5.84. The molecule has 3 fully saturated rings. The lowest BCUT2D eigenvalue weighted by Gasteiger charge is -2.49. The molecule has 2 aliphatic heterocycles. The SMILES string of the molecule is COCC1(N2CC3(CCN(Cc4ccc(-c5ccc6cccnc6c5)cc4F)CC3)OCC2=O)CC1. The molecule has 3 aromatic rings. The molecule has 2 saturated heterocycles. The van der Waals surface area contributed by atoms with Gasteiger partial charge in [-0.05, 0) is 55.0 Å². The van der Waals surface area contributed by atoms with E-state index >= 15 is 4.39 Å². The van der Waals surface area contributed by atoms with Gasteiger partial charge in [0.05, 0.1) is 29.8 Å². The number of piperidine rings is 1. The number of fused-ring (bicyclic) bond motifs is 1. The molecule has 188 valence electrons. The zero-order valence-electron chi connectivity index (χ0n) is 20.7. The van der Waals surface area contributed by atoms with Gasteiger partial charge in [-0.1, -0.05) is 30.3 Å². The summed E-state index contributed by atoms with van der Waals surface area (Å²) in [6.07, 6.45) is 5.45. The summed E-state index contributed by atoms with van der Waals surface area (Å²) in [6.45, 7) is 3.57. The first-order chi connectivity index (χ1) is 17.5. The molecule has 0 atom stereocenters. The Labute approximate surface area is 211 Å². The van der Waals surface area contributed by atoms with Gasteiger partial charge in [-0.2, -0.15) is 0 Å². The number of hydrogen-bond acceptors (Lipinski definition) is 5. The number of halogens is 1. The molecule has 0 radical (unpaired) electrons. The molecule has 0 unspecified atom stereocenters. The van der Waals surface area contributed by atoms with Crippen molar-refractivity contribution in [3.63, 3.8) is 0 Å². The fourth-order valence-electron chi connectivity index (χ4n) is 5.82. The zero-order valence-corrected chi connectivity index (χ0v) is 20.7. The Hall–Kier alpha value is -2.87. The minimum atomic E-state index is -0.305. The monoisotopic (exact) mass is 489 g/mol. The van der Waals surface area contributed by atoms with Crippen molar-refractivity contribution in [2.75, 3.05) is 40.0 Å². The van der Waals surface area contributed by atoms with E-state index in [0.29, 0.717) is 25.3 Å². The number of pyridine rings is 1. The van der Waals surface area contributed by atoms with Gasteiger partial charge in [0.25, 0.3) is 0 Å². The minimum Gasteiger partial charge on any atom is -0.382 e. The van der Waals surface area contributed by atoms with E-state index in [1.54, 1.807) is 19.4 Å². The first kappa shape index (κ1) is 23.5. The van der Waals surface area contributed by atoms with Crippen LogP contribution in [0.5, 0.6) is 0 Å². The molecule has 0 N–H and O–H groups in total. The average Bonchev–Trinajstić information content (AvgIpc) is 3.68. The van der Waals surface area contributed by atoms with Crippen molar-refractivity contribution in [3.8, 4) is 11.1 Å². The topological polar surface area (TPSA) is 54.9 Å². The van der Waals surface area contributed by atoms with Crippen molar-refractivity contribution in [1.82, 2.24) is 14.8 Å². The van der Waals surface area contributed by atoms with E-state index in [0.717, 1.165) is 60.8 Å². The van der Waals surface area contributed by atoms with E-state index in [1.807, 2.05) is 47.4 Å². The standard InChI is InChI=1S/C29H32FN3O3/c1-35-20-28(8-9-28)33-19-29(36-18-27(33)34)10-13-32(14-11-29)17-24-7-6-22(15-25(24)30)23-5-4-21-3-2-12-31-26(21)16-23/h2-7,12,15-16H,8-11,13-14,17-20H2,1H3. The van der Waals surface area contributed by atoms with Gasteiger partial charge in [-0.3, -0.25) is 14.7 Å². The van der Waals surface area contributed by atoms with E-state index < -0.39 is 0 Å². The minimum absolute atomic E-state index is 0.0713. The lowest BCUT2D eigenvalue weighted by molar-refractivity contribution is -0.179. The Morgan fingerprint density at radius 1 is 1.06 bits per heavy atom. The third-order valence-electron chi connectivity index (χ3n) is 8.22. The molecule has 1 saturated carbocycles. The predicted octanol–water partition coefficient (Wildman–Crippen LogP) is 4.41. The Morgan fingerprint density at radius 2 is 1.83 bits per heavy atom. The highest BCUT2D eigenvalue weighted by Crippen LogP contribution is 2.45. The van der Waals surface area contributed by atoms with Gasteiger partial charge in [0.15, 0.2) is 0 Å². The molecule has 1 spiro atoms. The number of amides is 1. The average molecular weight is 490 g/mol. The summed E-state index contributed by atoms with van der Waals surface area (Å²) in [6, 6.07) is 15.5. The number of aromatic nitrogens is 1. The second-order valence-electron chi connectivity index (χ2n) is 10.6. The van der Waals surface area contributed by atoms with E-state index in [-0.39, 0.29) is 29.5 Å². The molecule has 3 aliphatic rings. The number of hydrogen-bond donors (Lipinski definition) is 0. The maximum absolute atomic E-state index is 15.1. The van der Waals surface area contributed by atoms with E-state index in [1.165, 1.54) is 0 Å². The van der Waals surface area contributed by atoms with Crippen LogP contribution in [0, 0.1) is 5.82 Å². The third kappa shape index (κ3) is 4.40. The summed E-state index contributed by atoms with van der Waals surface area (Å²) in [5, 5.41) is 1.07. The van der Waals surface area contributed by atoms with Crippen molar-refractivity contribution < 1.29 is 18.7 Å². The molecule has 1 aliphatic carbocycles. The summed E-state index contributed by atoms with van der Waals surface area (Å²) in [7, 11) is 1.70. The predicted molar refractivity (Wildman–Crippen MR) is 136 cm³/mol. The number of likely N-dealkylation sites (tertiary alicyclic amines) is 1. The third-order valence-corrected chi connectivity index (χ3v) is 8.22. The van der Waals surface area contributed by atoms with Crippen LogP contribution in [-0.4, -0.2) is 71.8 Å². The van der Waals surface area contributed by atoms with Crippen molar-refractivity contribution in [1.29, 1.82) is 0 Å². The van der Waals surface area contributed by atoms with Gasteiger partial charge in [0, 0.05) is 43.9 Å². The summed E-state index contributed by atoms with van der Waals surface area (Å²) >= 11 is 0. The first-order valence-electron chi connectivity index (χ1n) is 12.8. The van der Waals surface area contributed by atoms with Crippen molar-refractivity contribution in [2.45, 2.75) is 43.4 Å². The largest absolute Gasteiger partial charge is 0.382 e. The summed E-state index contributed by atoms with van der Waals surface area (Å²) < 4.78 is 26.7. The van der Waals surface area contributed by atoms with Crippen LogP contribution in [0.15, 0.2) is 54.7 Å². The number of rotatable bonds is 6. The lowest BCUT2D eigenvalue weighted by atomic mass is 9.88. The van der Waals surface area contributed by atoms with E-state index in [2.05, 4.69) is 9.88 Å². The summed E-state index contributed by atoms with van der Waals surface area (Å²) in [4.78, 5) is 21.3. The van der Waals surface area contributed by atoms with E-state index in [9.17, 15) is 4.79 Å². The smallest absolute Gasteiger partial charge is 0.249 e. The Bertz CT molecular complexity index is 1280. The molecular formula is C29H32FN3O3. The molecule has 6 rings (SSSR count). The van der Waals surface area contributed by atoms with Gasteiger partial charge in [0.1, 0.15) is 12.4 Å². The number of methoxy groups -OCH3 is 1. The van der Waals surface area contributed by atoms with Gasteiger partial charge in [-0.15, -0.1) is 0 Å². The van der Waals surface area contributed by atoms with Crippen molar-refractivity contribution >= 4 is 16.8 Å². The summed E-state index contributed by atoms with van der Waals surface area (Å²) in [5.74, 6) is -0.114. The Balaban J connectivity index is 1.10. The Morgan fingerprint density at radius 3 is 2.58 bits per heavy atom. The second-order valence-corrected chi connectivity index (χ2v) is 10.6. The zero-order chi connectivity index (χ0) is 24.8. The highest BCUT2D eigenvalue weighted by Gasteiger charge is 2.55. The molecule has 1 aromatic heterocycles. The van der Waals surface area contributed by atoms with E-state index in [4.69, 9.17) is 9.47 Å². The summed E-state index contributed by atoms with van der Waals surface area (Å²) in [5.41, 5.74) is 2.98. The molecule has 6 nitrogen and oxygen atoms in total. The maximum atomic E-state index is 15.1. The van der Waals surface area contributed by atoms with Crippen LogP contribution in [-0.2, 0) is 20.8 Å². The van der Waals surface area contributed by atoms with Crippen molar-refractivity contribution in [2.24, 2.45) is 0 Å². The number of benzene rings is 2. The molecule has 0 bridgehead atoms. The van der Waals surface area contributed by atoms with Gasteiger partial charge < -0.3 is 14.4 Å². The fraction of sp³-hybridized carbons (Fsp3) is 0.448. The number of ether oxygens (including phenoxy) is 2. The van der Waals surface area contributed by atoms with Crippen LogP contribution >= 0.6 is 0 Å². The van der Waals surface area contributed by atoms with Crippen LogP contribution in [0.4, 0.5) is 4.39 Å². The van der Waals surface area contributed by atoms with Gasteiger partial charge >= 0.3 is 0 Å². The first-order valence-corrected chi connectivity index (χ1v) is 12.8. The molecule has 36 heavy (non-hydrogen) atoms. The second kappa shape index (κ2) is 9.21. The molecule has 7 heteroatoms. The Kier molecular flexibility index (Phi) is 6.02. The van der Waals surface area contributed by atoms with Crippen molar-refractivity contribution in [3.05, 3.63) is 66.1 Å². The normalized spacial score (nSPS) is 21.3. The quantitative estimate of drug-likeness (QED) is 0.513. The number of carbonyl (C=O) groups is 1. The maximum Gasteiger partial charge on any atom is 0.249 e. The molecular weight excluding hydrogens is 457 g/mol.